The number of benzene rings is 2. The number of rotatable bonds is 8. The van der Waals surface area contributed by atoms with Gasteiger partial charge in [0, 0.05) is 12.5 Å². The molecule has 3 rings (SSSR count). The van der Waals surface area contributed by atoms with Crippen LogP contribution in [0.3, 0.4) is 0 Å². The Balaban J connectivity index is 1.50. The molecule has 0 saturated carbocycles. The Labute approximate surface area is 158 Å². The number of aliphatic hydroxyl groups excluding tert-OH is 3. The van der Waals surface area contributed by atoms with E-state index in [0.29, 0.717) is 13.0 Å². The molecule has 0 aliphatic heterocycles. The normalized spacial score (nSPS) is 14.9. The summed E-state index contributed by atoms with van der Waals surface area (Å²) in [6.45, 7) is 0.0958. The number of fused-ring (bicyclic) bond motifs is 3. The van der Waals surface area contributed by atoms with Crippen LogP contribution in [0.15, 0.2) is 48.5 Å². The molecule has 2 unspecified atom stereocenters. The number of hydrogen-bond donors (Lipinski definition) is 4. The first kappa shape index (κ1) is 19.4. The third-order valence-corrected chi connectivity index (χ3v) is 4.92. The second-order valence-electron chi connectivity index (χ2n) is 6.71. The fourth-order valence-corrected chi connectivity index (χ4v) is 3.47. The summed E-state index contributed by atoms with van der Waals surface area (Å²) in [6.07, 6.45) is -1.90. The maximum absolute atomic E-state index is 12.0. The number of amides is 1. The monoisotopic (exact) mass is 371 g/mol. The minimum absolute atomic E-state index is 0.0182. The van der Waals surface area contributed by atoms with Gasteiger partial charge >= 0.3 is 6.09 Å². The fraction of sp³-hybridized carbons (Fsp3) is 0.381. The molecule has 6 heteroatoms. The molecule has 144 valence electrons. The summed E-state index contributed by atoms with van der Waals surface area (Å²) >= 11 is 0. The quantitative estimate of drug-likeness (QED) is 0.532. The number of aliphatic hydroxyl groups is 3. The number of hydrogen-bond acceptors (Lipinski definition) is 5. The zero-order chi connectivity index (χ0) is 19.2. The summed E-state index contributed by atoms with van der Waals surface area (Å²) < 4.78 is 5.41. The van der Waals surface area contributed by atoms with Crippen LogP contribution in [-0.2, 0) is 4.74 Å². The number of nitrogens with one attached hydrogen (secondary N) is 1. The lowest BCUT2D eigenvalue weighted by Gasteiger charge is -2.16. The van der Waals surface area contributed by atoms with Crippen LogP contribution >= 0.6 is 0 Å². The summed E-state index contributed by atoms with van der Waals surface area (Å²) in [5.41, 5.74) is 4.68. The summed E-state index contributed by atoms with van der Waals surface area (Å²) in [7, 11) is 0. The third kappa shape index (κ3) is 4.47. The largest absolute Gasteiger partial charge is 0.449 e. The van der Waals surface area contributed by atoms with E-state index in [1.807, 2.05) is 24.3 Å². The number of carbonyl (C=O) groups excluding carboxylic acids is 1. The highest BCUT2D eigenvalue weighted by atomic mass is 16.5. The van der Waals surface area contributed by atoms with Crippen molar-refractivity contribution in [3.8, 4) is 11.1 Å². The van der Waals surface area contributed by atoms with Gasteiger partial charge in [-0.25, -0.2) is 4.79 Å². The average Bonchev–Trinajstić information content (AvgIpc) is 3.02. The summed E-state index contributed by atoms with van der Waals surface area (Å²) in [5.74, 6) is 0.0182. The van der Waals surface area contributed by atoms with E-state index < -0.39 is 24.9 Å². The maximum atomic E-state index is 12.0. The van der Waals surface area contributed by atoms with Gasteiger partial charge in [-0.15, -0.1) is 0 Å². The van der Waals surface area contributed by atoms with E-state index in [1.165, 1.54) is 11.1 Å². The summed E-state index contributed by atoms with van der Waals surface area (Å²) in [6, 6.07) is 16.3. The van der Waals surface area contributed by atoms with E-state index in [0.717, 1.165) is 11.1 Å². The Morgan fingerprint density at radius 3 is 2.19 bits per heavy atom. The predicted octanol–water partition coefficient (Wildman–Crippen LogP) is 2.02. The van der Waals surface area contributed by atoms with Crippen molar-refractivity contribution in [2.24, 2.45) is 0 Å². The fourth-order valence-electron chi connectivity index (χ4n) is 3.47. The van der Waals surface area contributed by atoms with Gasteiger partial charge in [0.05, 0.1) is 12.7 Å². The molecule has 27 heavy (non-hydrogen) atoms. The number of ether oxygens (including phenoxy) is 1. The van der Waals surface area contributed by atoms with E-state index in [9.17, 15) is 15.0 Å². The zero-order valence-corrected chi connectivity index (χ0v) is 15.0. The van der Waals surface area contributed by atoms with E-state index in [1.54, 1.807) is 0 Å². The standard InChI is InChI=1S/C21H25NO5/c23-12-20(25)19(24)10-5-11-22-21(26)27-13-18-16-8-3-1-6-14(16)15-7-2-4-9-17(15)18/h1-4,6-9,18-20,23-25H,5,10-13H2,(H,22,26). The minimum atomic E-state index is -1.15. The van der Waals surface area contributed by atoms with Crippen LogP contribution in [0, 0.1) is 0 Å². The Kier molecular flexibility index (Phi) is 6.45. The van der Waals surface area contributed by atoms with E-state index in [2.05, 4.69) is 29.6 Å². The first-order valence-electron chi connectivity index (χ1n) is 9.17. The molecule has 2 atom stereocenters. The molecule has 0 radical (unpaired) electrons. The second kappa shape index (κ2) is 8.99. The van der Waals surface area contributed by atoms with E-state index in [4.69, 9.17) is 9.84 Å². The van der Waals surface area contributed by atoms with Crippen molar-refractivity contribution in [1.29, 1.82) is 0 Å². The van der Waals surface area contributed by atoms with Crippen molar-refractivity contribution >= 4 is 6.09 Å². The van der Waals surface area contributed by atoms with Crippen molar-refractivity contribution in [3.63, 3.8) is 0 Å². The molecule has 0 heterocycles. The van der Waals surface area contributed by atoms with Gasteiger partial charge in [0.1, 0.15) is 12.7 Å². The van der Waals surface area contributed by atoms with Crippen LogP contribution in [0.4, 0.5) is 4.79 Å². The van der Waals surface area contributed by atoms with Crippen LogP contribution in [0.25, 0.3) is 11.1 Å². The molecule has 6 nitrogen and oxygen atoms in total. The molecule has 4 N–H and O–H groups in total. The van der Waals surface area contributed by atoms with Gasteiger partial charge in [-0.1, -0.05) is 48.5 Å². The van der Waals surface area contributed by atoms with Crippen LogP contribution in [-0.4, -0.2) is 53.4 Å². The highest BCUT2D eigenvalue weighted by Crippen LogP contribution is 2.44. The smallest absolute Gasteiger partial charge is 0.407 e. The zero-order valence-electron chi connectivity index (χ0n) is 15.0. The Hall–Kier alpha value is -2.41. The van der Waals surface area contributed by atoms with Gasteiger partial charge < -0.3 is 25.4 Å². The van der Waals surface area contributed by atoms with Gasteiger partial charge in [-0.05, 0) is 35.1 Å². The molecular weight excluding hydrogens is 346 g/mol. The predicted molar refractivity (Wildman–Crippen MR) is 101 cm³/mol. The molecule has 0 spiro atoms. The van der Waals surface area contributed by atoms with Crippen molar-refractivity contribution in [1.82, 2.24) is 5.32 Å². The molecule has 0 bridgehead atoms. The molecular formula is C21H25NO5. The van der Waals surface area contributed by atoms with E-state index >= 15 is 0 Å². The first-order valence-corrected chi connectivity index (χ1v) is 9.17. The lowest BCUT2D eigenvalue weighted by Crippen LogP contribution is -2.31. The second-order valence-corrected chi connectivity index (χ2v) is 6.71. The topological polar surface area (TPSA) is 99.0 Å². The molecule has 1 amide bonds. The molecule has 0 fully saturated rings. The summed E-state index contributed by atoms with van der Waals surface area (Å²) in [5, 5.41) is 30.3. The Morgan fingerprint density at radius 2 is 1.59 bits per heavy atom. The van der Waals surface area contributed by atoms with Crippen molar-refractivity contribution in [2.75, 3.05) is 19.8 Å². The van der Waals surface area contributed by atoms with Gasteiger partial charge in [-0.2, -0.15) is 0 Å². The molecule has 0 aromatic heterocycles. The number of alkyl carbamates (subject to hydrolysis) is 1. The van der Waals surface area contributed by atoms with Crippen molar-refractivity contribution < 1.29 is 24.9 Å². The van der Waals surface area contributed by atoms with Crippen molar-refractivity contribution in [2.45, 2.75) is 31.0 Å². The molecule has 1 aliphatic carbocycles. The molecule has 1 aliphatic rings. The molecule has 0 saturated heterocycles. The third-order valence-electron chi connectivity index (χ3n) is 4.92. The lowest BCUT2D eigenvalue weighted by atomic mass is 9.98. The van der Waals surface area contributed by atoms with Gasteiger partial charge in [-0.3, -0.25) is 0 Å². The van der Waals surface area contributed by atoms with Crippen LogP contribution in [0.1, 0.15) is 29.9 Å². The van der Waals surface area contributed by atoms with Crippen LogP contribution in [0.2, 0.25) is 0 Å². The maximum Gasteiger partial charge on any atom is 0.407 e. The van der Waals surface area contributed by atoms with Crippen molar-refractivity contribution in [3.05, 3.63) is 59.7 Å². The minimum Gasteiger partial charge on any atom is -0.449 e. The first-order chi connectivity index (χ1) is 13.1. The Morgan fingerprint density at radius 1 is 1.00 bits per heavy atom. The van der Waals surface area contributed by atoms with Gasteiger partial charge in [0.25, 0.3) is 0 Å². The summed E-state index contributed by atoms with van der Waals surface area (Å²) in [4.78, 5) is 12.0. The van der Waals surface area contributed by atoms with Gasteiger partial charge in [0.15, 0.2) is 0 Å². The molecule has 2 aromatic rings. The van der Waals surface area contributed by atoms with E-state index in [-0.39, 0.29) is 18.9 Å². The van der Waals surface area contributed by atoms with Gasteiger partial charge in [0.2, 0.25) is 0 Å². The average molecular weight is 371 g/mol. The van der Waals surface area contributed by atoms with Crippen LogP contribution < -0.4 is 5.32 Å². The van der Waals surface area contributed by atoms with Crippen LogP contribution in [0.5, 0.6) is 0 Å². The number of carbonyl (C=O) groups is 1. The Bertz CT molecular complexity index is 733. The lowest BCUT2D eigenvalue weighted by molar-refractivity contribution is -0.0182. The highest BCUT2D eigenvalue weighted by Gasteiger charge is 2.28. The highest BCUT2D eigenvalue weighted by molar-refractivity contribution is 5.79. The SMILES string of the molecule is O=C(NCCCC(O)C(O)CO)OCC1c2ccccc2-c2ccccc21. The molecule has 2 aromatic carbocycles.